The predicted molar refractivity (Wildman–Crippen MR) is 40.5 cm³/mol. The van der Waals surface area contributed by atoms with E-state index in [1.165, 1.54) is 4.52 Å². The fourth-order valence-corrected chi connectivity index (χ4v) is 0.975. The average Bonchev–Trinajstić information content (AvgIpc) is 2.46. The average molecular weight is 180 g/mol. The number of nitrogens with zero attached hydrogens (tertiary/aromatic N) is 5. The molecule has 0 aliphatic carbocycles. The summed E-state index contributed by atoms with van der Waals surface area (Å²) < 4.78 is 1.29. The molecule has 2 aromatic rings. The number of fused-ring (bicyclic) bond motifs is 1. The van der Waals surface area contributed by atoms with Gasteiger partial charge in [0.15, 0.2) is 5.65 Å². The second-order valence-electron chi connectivity index (χ2n) is 2.06. The molecule has 0 radical (unpaired) electrons. The van der Waals surface area contributed by atoms with Crippen molar-refractivity contribution in [3.8, 4) is 6.07 Å². The minimum absolute atomic E-state index is 0.132. The third-order valence-electron chi connectivity index (χ3n) is 1.33. The van der Waals surface area contributed by atoms with Gasteiger partial charge in [-0.1, -0.05) is 11.6 Å². The molecule has 0 saturated carbocycles. The molecule has 12 heavy (non-hydrogen) atoms. The highest BCUT2D eigenvalue weighted by atomic mass is 35.5. The number of halogens is 1. The molecule has 2 rings (SSSR count). The highest BCUT2D eigenvalue weighted by molar-refractivity contribution is 6.29. The van der Waals surface area contributed by atoms with E-state index in [0.29, 0.717) is 10.8 Å². The molecule has 0 fully saturated rings. The Morgan fingerprint density at radius 2 is 2.25 bits per heavy atom. The minimum atomic E-state index is 0.132. The fraction of sp³-hybridized carbons (Fsp3) is 0. The summed E-state index contributed by atoms with van der Waals surface area (Å²) in [7, 11) is 0. The Morgan fingerprint density at radius 1 is 1.42 bits per heavy atom. The lowest BCUT2D eigenvalue weighted by Crippen LogP contribution is -1.94. The van der Waals surface area contributed by atoms with Crippen molar-refractivity contribution >= 4 is 17.2 Å². The lowest BCUT2D eigenvalue weighted by Gasteiger charge is -1.90. The number of hydrogen-bond donors (Lipinski definition) is 0. The topological polar surface area (TPSA) is 66.9 Å². The molecular formula is C6H2ClN5. The van der Waals surface area contributed by atoms with Crippen LogP contribution in [0.3, 0.4) is 0 Å². The van der Waals surface area contributed by atoms with Gasteiger partial charge >= 0.3 is 0 Å². The van der Waals surface area contributed by atoms with Crippen molar-refractivity contribution in [3.05, 3.63) is 23.1 Å². The maximum atomic E-state index is 8.56. The van der Waals surface area contributed by atoms with Crippen LogP contribution in [0.4, 0.5) is 0 Å². The molecule has 0 bridgehead atoms. The van der Waals surface area contributed by atoms with Gasteiger partial charge in [0, 0.05) is 0 Å². The molecule has 0 atom stereocenters. The highest BCUT2D eigenvalue weighted by Crippen LogP contribution is 2.06. The van der Waals surface area contributed by atoms with Crippen molar-refractivity contribution in [3.63, 3.8) is 0 Å². The molecule has 5 nitrogen and oxygen atoms in total. The zero-order chi connectivity index (χ0) is 8.55. The molecule has 0 aliphatic heterocycles. The van der Waals surface area contributed by atoms with Gasteiger partial charge in [0.05, 0.1) is 0 Å². The van der Waals surface area contributed by atoms with E-state index in [1.54, 1.807) is 12.1 Å². The van der Waals surface area contributed by atoms with Gasteiger partial charge in [-0.05, 0) is 12.1 Å². The quantitative estimate of drug-likeness (QED) is 0.596. The molecule has 0 aromatic carbocycles. The first-order chi connectivity index (χ1) is 5.81. The van der Waals surface area contributed by atoms with Crippen LogP contribution >= 0.6 is 11.6 Å². The lowest BCUT2D eigenvalue weighted by atomic mass is 10.5. The molecule has 0 spiro atoms. The normalized spacial score (nSPS) is 10.0. The number of nitriles is 1. The summed E-state index contributed by atoms with van der Waals surface area (Å²) in [5, 5.41) is 20.0. The minimum Gasteiger partial charge on any atom is -0.189 e. The zero-order valence-corrected chi connectivity index (χ0v) is 6.52. The van der Waals surface area contributed by atoms with E-state index < -0.39 is 0 Å². The van der Waals surface area contributed by atoms with Crippen molar-refractivity contribution in [2.24, 2.45) is 0 Å². The van der Waals surface area contributed by atoms with Crippen LogP contribution in [0.15, 0.2) is 12.1 Å². The molecule has 0 amide bonds. The van der Waals surface area contributed by atoms with Gasteiger partial charge in [-0.3, -0.25) is 0 Å². The Bertz CT molecular complexity index is 468. The van der Waals surface area contributed by atoms with E-state index in [1.807, 2.05) is 6.07 Å². The third-order valence-corrected chi connectivity index (χ3v) is 1.53. The first-order valence-corrected chi connectivity index (χ1v) is 3.47. The van der Waals surface area contributed by atoms with Crippen molar-refractivity contribution in [1.29, 1.82) is 5.26 Å². The van der Waals surface area contributed by atoms with Crippen LogP contribution < -0.4 is 0 Å². The van der Waals surface area contributed by atoms with Gasteiger partial charge in [-0.2, -0.15) is 14.9 Å². The summed E-state index contributed by atoms with van der Waals surface area (Å²) in [6, 6.07) is 5.08. The Balaban J connectivity index is 2.86. The zero-order valence-electron chi connectivity index (χ0n) is 5.77. The van der Waals surface area contributed by atoms with Crippen LogP contribution in [-0.2, 0) is 0 Å². The fourth-order valence-electron chi connectivity index (χ4n) is 0.836. The van der Waals surface area contributed by atoms with Crippen molar-refractivity contribution in [2.45, 2.75) is 0 Å². The number of rotatable bonds is 0. The molecule has 6 heteroatoms. The SMILES string of the molecule is N#Cc1nnc2ccc(Cl)nn12. The van der Waals surface area contributed by atoms with Crippen LogP contribution in [0.1, 0.15) is 5.82 Å². The van der Waals surface area contributed by atoms with E-state index in [9.17, 15) is 0 Å². The van der Waals surface area contributed by atoms with Crippen LogP contribution in [-0.4, -0.2) is 19.8 Å². The van der Waals surface area contributed by atoms with Gasteiger partial charge in [0.1, 0.15) is 11.2 Å². The molecule has 0 aliphatic rings. The molecule has 58 valence electrons. The van der Waals surface area contributed by atoms with E-state index in [4.69, 9.17) is 16.9 Å². The second-order valence-corrected chi connectivity index (χ2v) is 2.45. The van der Waals surface area contributed by atoms with Crippen LogP contribution in [0.2, 0.25) is 5.15 Å². The van der Waals surface area contributed by atoms with Crippen molar-refractivity contribution in [1.82, 2.24) is 19.8 Å². The van der Waals surface area contributed by atoms with Gasteiger partial charge in [-0.25, -0.2) is 0 Å². The van der Waals surface area contributed by atoms with Crippen LogP contribution in [0.25, 0.3) is 5.65 Å². The lowest BCUT2D eigenvalue weighted by molar-refractivity contribution is 0.905. The summed E-state index contributed by atoms with van der Waals surface area (Å²) in [5.74, 6) is 0.132. The van der Waals surface area contributed by atoms with E-state index in [2.05, 4.69) is 15.3 Å². The second kappa shape index (κ2) is 2.43. The first kappa shape index (κ1) is 7.00. The molecule has 0 unspecified atom stereocenters. The van der Waals surface area contributed by atoms with Gasteiger partial charge in [0.2, 0.25) is 0 Å². The molecule has 0 saturated heterocycles. The number of aromatic nitrogens is 4. The standard InChI is InChI=1S/C6H2ClN5/c7-4-1-2-5-9-10-6(3-8)12(5)11-4/h1-2H. The summed E-state index contributed by atoms with van der Waals surface area (Å²) >= 11 is 5.61. The Hall–Kier alpha value is -1.67. The van der Waals surface area contributed by atoms with E-state index >= 15 is 0 Å². The third kappa shape index (κ3) is 0.898. The predicted octanol–water partition coefficient (Wildman–Crippen LogP) is 0.649. The van der Waals surface area contributed by atoms with Gasteiger partial charge < -0.3 is 0 Å². The molecule has 2 aromatic heterocycles. The Morgan fingerprint density at radius 3 is 3.00 bits per heavy atom. The van der Waals surface area contributed by atoms with Crippen molar-refractivity contribution < 1.29 is 0 Å². The monoisotopic (exact) mass is 179 g/mol. The van der Waals surface area contributed by atoms with Crippen molar-refractivity contribution in [2.75, 3.05) is 0 Å². The highest BCUT2D eigenvalue weighted by Gasteiger charge is 2.04. The Kier molecular flexibility index (Phi) is 1.42. The molecule has 2 heterocycles. The summed E-state index contributed by atoms with van der Waals surface area (Å²) in [6.07, 6.45) is 0. The summed E-state index contributed by atoms with van der Waals surface area (Å²) in [6.45, 7) is 0. The Labute approximate surface area is 72.2 Å². The van der Waals surface area contributed by atoms with E-state index in [0.717, 1.165) is 0 Å². The number of hydrogen-bond acceptors (Lipinski definition) is 4. The van der Waals surface area contributed by atoms with Crippen LogP contribution in [0, 0.1) is 11.3 Å². The van der Waals surface area contributed by atoms with Crippen LogP contribution in [0.5, 0.6) is 0 Å². The van der Waals surface area contributed by atoms with Gasteiger partial charge in [0.25, 0.3) is 5.82 Å². The largest absolute Gasteiger partial charge is 0.256 e. The van der Waals surface area contributed by atoms with E-state index in [-0.39, 0.29) is 5.82 Å². The van der Waals surface area contributed by atoms with Gasteiger partial charge in [-0.15, -0.1) is 10.2 Å². The maximum Gasteiger partial charge on any atom is 0.256 e. The maximum absolute atomic E-state index is 8.56. The summed E-state index contributed by atoms with van der Waals surface area (Å²) in [5.41, 5.74) is 0.510. The first-order valence-electron chi connectivity index (χ1n) is 3.09. The summed E-state index contributed by atoms with van der Waals surface area (Å²) in [4.78, 5) is 0. The smallest absolute Gasteiger partial charge is 0.189 e. The molecule has 0 N–H and O–H groups in total. The molecular weight excluding hydrogens is 178 g/mol.